The third-order valence-corrected chi connectivity index (χ3v) is 5.04. The molecule has 1 amide bonds. The number of halogens is 3. The Bertz CT molecular complexity index is 533. The fourth-order valence-corrected chi connectivity index (χ4v) is 3.39. The van der Waals surface area contributed by atoms with Gasteiger partial charge in [-0.15, -0.1) is 11.3 Å². The maximum atomic E-state index is 12.2. The molecule has 1 aromatic heterocycles. The van der Waals surface area contributed by atoms with Crippen LogP contribution in [-0.4, -0.2) is 43.2 Å². The molecule has 0 spiro atoms. The first-order chi connectivity index (χ1) is 10.8. The zero-order valence-corrected chi connectivity index (χ0v) is 14.0. The normalized spacial score (nSPS) is 20.5. The van der Waals surface area contributed by atoms with Gasteiger partial charge in [-0.05, 0) is 38.6 Å². The highest BCUT2D eigenvalue weighted by Gasteiger charge is 2.30. The number of hydrogen-bond donors (Lipinski definition) is 1. The lowest BCUT2D eigenvalue weighted by Gasteiger charge is -2.16. The van der Waals surface area contributed by atoms with E-state index in [9.17, 15) is 18.0 Å². The summed E-state index contributed by atoms with van der Waals surface area (Å²) in [4.78, 5) is 15.2. The number of nitrogens with zero attached hydrogens (tertiary/aromatic N) is 1. The van der Waals surface area contributed by atoms with Crippen LogP contribution in [0.3, 0.4) is 0 Å². The van der Waals surface area contributed by atoms with Crippen molar-refractivity contribution in [2.45, 2.75) is 32.5 Å². The molecule has 1 aromatic rings. The summed E-state index contributed by atoms with van der Waals surface area (Å²) in [5.74, 6) is -0.0158. The summed E-state index contributed by atoms with van der Waals surface area (Å²) in [7, 11) is 0. The van der Waals surface area contributed by atoms with Gasteiger partial charge in [-0.2, -0.15) is 13.2 Å². The second-order valence-electron chi connectivity index (χ2n) is 5.67. The van der Waals surface area contributed by atoms with Gasteiger partial charge in [0.2, 0.25) is 5.91 Å². The van der Waals surface area contributed by atoms with Crippen LogP contribution in [0.25, 0.3) is 0 Å². The Morgan fingerprint density at radius 1 is 1.52 bits per heavy atom. The number of carbonyl (C=O) groups is 1. The molecule has 2 heterocycles. The van der Waals surface area contributed by atoms with Crippen LogP contribution in [0.5, 0.6) is 5.06 Å². The van der Waals surface area contributed by atoms with Gasteiger partial charge in [0, 0.05) is 11.4 Å². The van der Waals surface area contributed by atoms with Crippen molar-refractivity contribution >= 4 is 17.2 Å². The Labute approximate surface area is 137 Å². The summed E-state index contributed by atoms with van der Waals surface area (Å²) in [6.07, 6.45) is -3.51. The summed E-state index contributed by atoms with van der Waals surface area (Å²) in [6, 6.07) is 2.95. The fraction of sp³-hybridized carbons (Fsp3) is 0.667. The topological polar surface area (TPSA) is 41.6 Å². The third kappa shape index (κ3) is 5.39. The smallest absolute Gasteiger partial charge is 0.422 e. The van der Waals surface area contributed by atoms with Crippen molar-refractivity contribution in [1.82, 2.24) is 10.2 Å². The van der Waals surface area contributed by atoms with Crippen LogP contribution in [0.4, 0.5) is 13.2 Å². The molecule has 8 heteroatoms. The molecule has 0 aliphatic carbocycles. The van der Waals surface area contributed by atoms with Gasteiger partial charge < -0.3 is 15.0 Å². The lowest BCUT2D eigenvalue weighted by molar-refractivity contribution is -0.152. The van der Waals surface area contributed by atoms with Gasteiger partial charge in [0.15, 0.2) is 11.7 Å². The molecule has 1 N–H and O–H groups in total. The number of ether oxygens (including phenoxy) is 1. The van der Waals surface area contributed by atoms with Gasteiger partial charge in [0.25, 0.3) is 0 Å². The zero-order valence-electron chi connectivity index (χ0n) is 13.2. The lowest BCUT2D eigenvalue weighted by atomic mass is 10.1. The first kappa shape index (κ1) is 18.1. The molecular weight excluding hydrogens is 329 g/mol. The van der Waals surface area contributed by atoms with Crippen LogP contribution in [-0.2, 0) is 4.79 Å². The molecule has 0 aromatic carbocycles. The van der Waals surface area contributed by atoms with E-state index in [1.807, 2.05) is 6.92 Å². The van der Waals surface area contributed by atoms with Gasteiger partial charge in [-0.1, -0.05) is 6.92 Å². The summed E-state index contributed by atoms with van der Waals surface area (Å²) in [5, 5.41) is 3.14. The molecule has 1 aliphatic heterocycles. The zero-order chi connectivity index (χ0) is 17.0. The predicted molar refractivity (Wildman–Crippen MR) is 82.6 cm³/mol. The average molecular weight is 350 g/mol. The van der Waals surface area contributed by atoms with E-state index in [2.05, 4.69) is 17.1 Å². The Kier molecular flexibility index (Phi) is 5.91. The fourth-order valence-electron chi connectivity index (χ4n) is 2.53. The molecule has 1 aliphatic rings. The minimum atomic E-state index is -4.35. The summed E-state index contributed by atoms with van der Waals surface area (Å²) in [6.45, 7) is 5.21. The molecule has 1 fully saturated rings. The molecule has 2 rings (SSSR count). The maximum absolute atomic E-state index is 12.2. The van der Waals surface area contributed by atoms with Crippen molar-refractivity contribution in [2.75, 3.05) is 26.2 Å². The molecule has 0 saturated carbocycles. The largest absolute Gasteiger partial charge is 0.475 e. The summed E-state index contributed by atoms with van der Waals surface area (Å²) < 4.78 is 41.1. The highest BCUT2D eigenvalue weighted by Crippen LogP contribution is 2.30. The second-order valence-corrected chi connectivity index (χ2v) is 6.75. The molecular formula is C15H21F3N2O2S. The van der Waals surface area contributed by atoms with E-state index in [-0.39, 0.29) is 22.9 Å². The number of nitrogens with one attached hydrogen (secondary N) is 1. The molecule has 0 radical (unpaired) electrons. The Morgan fingerprint density at radius 3 is 2.87 bits per heavy atom. The molecule has 2 atom stereocenters. The standard InChI is InChI=1S/C15H21F3N2O2S/c1-3-20-7-6-11(8-20)14(21)19-10(2)12-4-5-13(23-12)22-9-15(16,17)18/h4-5,10-11H,3,6-9H2,1-2H3,(H,19,21). The second kappa shape index (κ2) is 7.53. The van der Waals surface area contributed by atoms with Crippen molar-refractivity contribution in [1.29, 1.82) is 0 Å². The Balaban J connectivity index is 1.85. The monoisotopic (exact) mass is 350 g/mol. The van der Waals surface area contributed by atoms with E-state index < -0.39 is 12.8 Å². The number of carbonyl (C=O) groups excluding carboxylic acids is 1. The molecule has 0 bridgehead atoms. The summed E-state index contributed by atoms with van der Waals surface area (Å²) >= 11 is 1.12. The number of hydrogen-bond acceptors (Lipinski definition) is 4. The van der Waals surface area contributed by atoms with Gasteiger partial charge in [-0.3, -0.25) is 4.79 Å². The van der Waals surface area contributed by atoms with Crippen LogP contribution in [0.1, 0.15) is 31.2 Å². The van der Waals surface area contributed by atoms with E-state index >= 15 is 0 Å². The first-order valence-electron chi connectivity index (χ1n) is 7.60. The Hall–Kier alpha value is -1.28. The van der Waals surface area contributed by atoms with Crippen molar-refractivity contribution in [2.24, 2.45) is 5.92 Å². The van der Waals surface area contributed by atoms with E-state index in [4.69, 9.17) is 4.74 Å². The van der Waals surface area contributed by atoms with Gasteiger partial charge in [0.1, 0.15) is 0 Å². The molecule has 130 valence electrons. The first-order valence-corrected chi connectivity index (χ1v) is 8.42. The van der Waals surface area contributed by atoms with E-state index in [1.165, 1.54) is 6.07 Å². The van der Waals surface area contributed by atoms with Crippen LogP contribution >= 0.6 is 11.3 Å². The summed E-state index contributed by atoms with van der Waals surface area (Å²) in [5.41, 5.74) is 0. The van der Waals surface area contributed by atoms with Crippen LogP contribution in [0.15, 0.2) is 12.1 Å². The van der Waals surface area contributed by atoms with Crippen LogP contribution in [0, 0.1) is 5.92 Å². The molecule has 4 nitrogen and oxygen atoms in total. The maximum Gasteiger partial charge on any atom is 0.422 e. The molecule has 23 heavy (non-hydrogen) atoms. The SMILES string of the molecule is CCN1CCC(C(=O)NC(C)c2ccc(OCC(F)(F)F)s2)C1. The van der Waals surface area contributed by atoms with E-state index in [1.54, 1.807) is 6.07 Å². The number of alkyl halides is 3. The van der Waals surface area contributed by atoms with E-state index in [0.29, 0.717) is 0 Å². The minimum absolute atomic E-state index is 0.000361. The van der Waals surface area contributed by atoms with Crippen molar-refractivity contribution in [3.63, 3.8) is 0 Å². The van der Waals surface area contributed by atoms with E-state index in [0.717, 1.165) is 42.3 Å². The quantitative estimate of drug-likeness (QED) is 0.857. The molecule has 2 unspecified atom stereocenters. The lowest BCUT2D eigenvalue weighted by Crippen LogP contribution is -2.34. The number of likely N-dealkylation sites (tertiary alicyclic amines) is 1. The van der Waals surface area contributed by atoms with Crippen LogP contribution < -0.4 is 10.1 Å². The highest BCUT2D eigenvalue weighted by atomic mass is 32.1. The Morgan fingerprint density at radius 2 is 2.26 bits per heavy atom. The number of amides is 1. The van der Waals surface area contributed by atoms with Gasteiger partial charge in [-0.25, -0.2) is 0 Å². The van der Waals surface area contributed by atoms with Gasteiger partial charge >= 0.3 is 6.18 Å². The average Bonchev–Trinajstić information content (AvgIpc) is 3.13. The highest BCUT2D eigenvalue weighted by molar-refractivity contribution is 7.13. The van der Waals surface area contributed by atoms with Gasteiger partial charge in [0.05, 0.1) is 12.0 Å². The predicted octanol–water partition coefficient (Wildman–Crippen LogP) is 3.21. The number of rotatable bonds is 6. The number of thiophene rings is 1. The third-order valence-electron chi connectivity index (χ3n) is 3.86. The van der Waals surface area contributed by atoms with Crippen molar-refractivity contribution in [3.8, 4) is 5.06 Å². The van der Waals surface area contributed by atoms with Crippen molar-refractivity contribution < 1.29 is 22.7 Å². The molecule has 1 saturated heterocycles. The van der Waals surface area contributed by atoms with Crippen molar-refractivity contribution in [3.05, 3.63) is 17.0 Å². The van der Waals surface area contributed by atoms with Crippen LogP contribution in [0.2, 0.25) is 0 Å². The minimum Gasteiger partial charge on any atom is -0.475 e.